The normalized spacial score (nSPS) is 13.4. The number of hydrogen-bond donors (Lipinski definition) is 1. The highest BCUT2D eigenvalue weighted by Gasteiger charge is 2.33. The van der Waals surface area contributed by atoms with E-state index in [1.165, 1.54) is 23.5 Å². The Morgan fingerprint density at radius 3 is 2.52 bits per heavy atom. The molecule has 4 aromatic rings. The van der Waals surface area contributed by atoms with Crippen LogP contribution in [0, 0.1) is 5.82 Å². The molecule has 0 atom stereocenters. The number of rotatable bonds is 11. The van der Waals surface area contributed by atoms with Crippen molar-refractivity contribution in [2.75, 3.05) is 30.8 Å². The smallest absolute Gasteiger partial charge is 0.255 e. The number of fused-ring (bicyclic) bond motifs is 1. The minimum absolute atomic E-state index is 0.0264. The fourth-order valence-corrected chi connectivity index (χ4v) is 5.72. The Kier molecular flexibility index (Phi) is 7.78. The molecule has 0 aliphatic heterocycles. The molecule has 0 unspecified atom stereocenters. The van der Waals surface area contributed by atoms with Gasteiger partial charge in [-0.3, -0.25) is 9.10 Å². The second-order valence-corrected chi connectivity index (χ2v) is 12.0. The number of nitrogens with zero attached hydrogens (tertiary/aromatic N) is 1. The van der Waals surface area contributed by atoms with Gasteiger partial charge in [-0.05, 0) is 53.7 Å². The molecule has 1 fully saturated rings. The highest BCUT2D eigenvalue weighted by atomic mass is 32.2. The molecule has 0 spiro atoms. The van der Waals surface area contributed by atoms with E-state index < -0.39 is 15.8 Å². The standard InChI is InChI=1S/C31H31FN2O5S/c1-20(18-38-19-21-8-5-4-6-9-21)17-34(40(3,36)37)27-16-28-26(15-25(27)22-12-13-22)29(31(35)33-2)30(39-28)23-10-7-11-24(32)14-23/h4-11,14-16,22H,1,12-13,17-19H2,2-3H3,(H,33,35). The maximum absolute atomic E-state index is 14.1. The van der Waals surface area contributed by atoms with Gasteiger partial charge in [-0.1, -0.05) is 49.0 Å². The van der Waals surface area contributed by atoms with Gasteiger partial charge in [-0.15, -0.1) is 0 Å². The number of anilines is 1. The summed E-state index contributed by atoms with van der Waals surface area (Å²) in [4.78, 5) is 13.0. The zero-order chi connectivity index (χ0) is 28.4. The van der Waals surface area contributed by atoms with Crippen molar-refractivity contribution >= 4 is 32.6 Å². The van der Waals surface area contributed by atoms with E-state index in [1.54, 1.807) is 18.2 Å². The molecule has 9 heteroatoms. The lowest BCUT2D eigenvalue weighted by Crippen LogP contribution is -2.33. The molecule has 1 aliphatic rings. The van der Waals surface area contributed by atoms with Crippen LogP contribution in [0.25, 0.3) is 22.3 Å². The number of carbonyl (C=O) groups is 1. The molecule has 3 aromatic carbocycles. The third-order valence-electron chi connectivity index (χ3n) is 6.85. The molecule has 1 N–H and O–H groups in total. The first-order valence-corrected chi connectivity index (χ1v) is 14.8. The SMILES string of the molecule is C=C(COCc1ccccc1)CN(c1cc2oc(-c3cccc(F)c3)c(C(=O)NC)c2cc1C1CC1)S(C)(=O)=O. The van der Waals surface area contributed by atoms with Crippen molar-refractivity contribution < 1.29 is 26.8 Å². The van der Waals surface area contributed by atoms with Gasteiger partial charge < -0.3 is 14.5 Å². The average Bonchev–Trinajstić information content (AvgIpc) is 3.71. The summed E-state index contributed by atoms with van der Waals surface area (Å²) in [5.41, 5.74) is 3.91. The summed E-state index contributed by atoms with van der Waals surface area (Å²) in [6.07, 6.45) is 2.96. The summed E-state index contributed by atoms with van der Waals surface area (Å²) >= 11 is 0. The molecule has 7 nitrogen and oxygen atoms in total. The predicted molar refractivity (Wildman–Crippen MR) is 154 cm³/mol. The van der Waals surface area contributed by atoms with Gasteiger partial charge in [0.1, 0.15) is 17.2 Å². The third-order valence-corrected chi connectivity index (χ3v) is 7.98. The third kappa shape index (κ3) is 5.95. The van der Waals surface area contributed by atoms with E-state index in [4.69, 9.17) is 9.15 Å². The summed E-state index contributed by atoms with van der Waals surface area (Å²) in [5, 5.41) is 3.19. The van der Waals surface area contributed by atoms with Crippen molar-refractivity contribution in [2.45, 2.75) is 25.4 Å². The van der Waals surface area contributed by atoms with Gasteiger partial charge in [0.05, 0.1) is 37.3 Å². The van der Waals surface area contributed by atoms with Gasteiger partial charge in [0.2, 0.25) is 10.0 Å². The van der Waals surface area contributed by atoms with E-state index in [0.717, 1.165) is 30.2 Å². The van der Waals surface area contributed by atoms with E-state index in [0.29, 0.717) is 34.4 Å². The summed E-state index contributed by atoms with van der Waals surface area (Å²) in [5.74, 6) is -0.471. The number of sulfonamides is 1. The highest BCUT2D eigenvalue weighted by molar-refractivity contribution is 7.92. The van der Waals surface area contributed by atoms with Crippen LogP contribution in [0.5, 0.6) is 0 Å². The monoisotopic (exact) mass is 562 g/mol. The largest absolute Gasteiger partial charge is 0.455 e. The zero-order valence-corrected chi connectivity index (χ0v) is 23.3. The van der Waals surface area contributed by atoms with Crippen molar-refractivity contribution in [2.24, 2.45) is 0 Å². The highest BCUT2D eigenvalue weighted by Crippen LogP contribution is 2.48. The number of ether oxygens (including phenoxy) is 1. The predicted octanol–water partition coefficient (Wildman–Crippen LogP) is 6.01. The first kappa shape index (κ1) is 27.6. The maximum Gasteiger partial charge on any atom is 0.255 e. The van der Waals surface area contributed by atoms with Crippen molar-refractivity contribution in [1.29, 1.82) is 0 Å². The Balaban J connectivity index is 1.53. The molecule has 0 radical (unpaired) electrons. The number of amides is 1. The first-order chi connectivity index (χ1) is 19.2. The molecular formula is C31H31FN2O5S. The zero-order valence-electron chi connectivity index (χ0n) is 22.4. The van der Waals surface area contributed by atoms with Crippen LogP contribution in [-0.4, -0.2) is 40.8 Å². The Hall–Kier alpha value is -3.95. The molecule has 1 aliphatic carbocycles. The molecule has 1 saturated carbocycles. The Morgan fingerprint density at radius 2 is 1.88 bits per heavy atom. The number of halogens is 1. The van der Waals surface area contributed by atoms with E-state index in [9.17, 15) is 17.6 Å². The van der Waals surface area contributed by atoms with Crippen LogP contribution < -0.4 is 9.62 Å². The van der Waals surface area contributed by atoms with Crippen LogP contribution in [-0.2, 0) is 21.4 Å². The Bertz CT molecular complexity index is 1680. The fraction of sp³-hybridized carbons (Fsp3) is 0.258. The number of furan rings is 1. The average molecular weight is 563 g/mol. The lowest BCUT2D eigenvalue weighted by molar-refractivity contribution is 0.0964. The van der Waals surface area contributed by atoms with Gasteiger partial charge in [-0.25, -0.2) is 12.8 Å². The molecule has 208 valence electrons. The van der Waals surface area contributed by atoms with Gasteiger partial charge in [0.25, 0.3) is 5.91 Å². The van der Waals surface area contributed by atoms with Crippen molar-refractivity contribution in [3.8, 4) is 11.3 Å². The van der Waals surface area contributed by atoms with Crippen LogP contribution in [0.1, 0.15) is 40.2 Å². The van der Waals surface area contributed by atoms with E-state index in [1.807, 2.05) is 36.4 Å². The van der Waals surface area contributed by atoms with Crippen LogP contribution in [0.2, 0.25) is 0 Å². The molecule has 1 amide bonds. The number of carbonyl (C=O) groups excluding carboxylic acids is 1. The Morgan fingerprint density at radius 1 is 1.12 bits per heavy atom. The minimum atomic E-state index is -3.72. The second-order valence-electron chi connectivity index (χ2n) is 10.1. The maximum atomic E-state index is 14.1. The summed E-state index contributed by atoms with van der Waals surface area (Å²) < 4.78 is 53.5. The molecule has 1 aromatic heterocycles. The fourth-order valence-electron chi connectivity index (χ4n) is 4.79. The van der Waals surface area contributed by atoms with Crippen LogP contribution >= 0.6 is 0 Å². The molecule has 0 bridgehead atoms. The second kappa shape index (κ2) is 11.3. The summed E-state index contributed by atoms with van der Waals surface area (Å²) in [6.45, 7) is 4.67. The van der Waals surface area contributed by atoms with E-state index in [2.05, 4.69) is 11.9 Å². The van der Waals surface area contributed by atoms with Crippen LogP contribution in [0.15, 0.2) is 83.3 Å². The lowest BCUT2D eigenvalue weighted by atomic mass is 10.00. The minimum Gasteiger partial charge on any atom is -0.455 e. The Labute approximate surface area is 233 Å². The number of nitrogens with one attached hydrogen (secondary N) is 1. The van der Waals surface area contributed by atoms with Gasteiger partial charge in [-0.2, -0.15) is 0 Å². The van der Waals surface area contributed by atoms with Gasteiger partial charge in [0.15, 0.2) is 0 Å². The van der Waals surface area contributed by atoms with Crippen LogP contribution in [0.3, 0.4) is 0 Å². The molecule has 1 heterocycles. The summed E-state index contributed by atoms with van der Waals surface area (Å²) in [7, 11) is -2.21. The van der Waals surface area contributed by atoms with Gasteiger partial charge >= 0.3 is 0 Å². The first-order valence-electron chi connectivity index (χ1n) is 13.0. The van der Waals surface area contributed by atoms with E-state index in [-0.39, 0.29) is 36.3 Å². The quantitative estimate of drug-likeness (QED) is 0.226. The van der Waals surface area contributed by atoms with Crippen molar-refractivity contribution in [3.63, 3.8) is 0 Å². The van der Waals surface area contributed by atoms with Gasteiger partial charge in [0, 0.05) is 24.1 Å². The molecule has 40 heavy (non-hydrogen) atoms. The molecular weight excluding hydrogens is 531 g/mol. The molecule has 5 rings (SSSR count). The number of benzene rings is 3. The van der Waals surface area contributed by atoms with E-state index >= 15 is 0 Å². The molecule has 0 saturated heterocycles. The number of hydrogen-bond acceptors (Lipinski definition) is 5. The lowest BCUT2D eigenvalue weighted by Gasteiger charge is -2.26. The topological polar surface area (TPSA) is 88.8 Å². The summed E-state index contributed by atoms with van der Waals surface area (Å²) in [6, 6.07) is 19.0. The van der Waals surface area contributed by atoms with Crippen molar-refractivity contribution in [3.05, 3.63) is 101 Å². The van der Waals surface area contributed by atoms with Crippen LogP contribution in [0.4, 0.5) is 10.1 Å². The van der Waals surface area contributed by atoms with Crippen molar-refractivity contribution in [1.82, 2.24) is 5.32 Å².